The molecule has 2 aromatic heterocycles. The molecule has 0 aliphatic heterocycles. The molecule has 0 spiro atoms. The first-order valence-corrected chi connectivity index (χ1v) is 42.0. The minimum absolute atomic E-state index is 0.0105. The third-order valence-corrected chi connectivity index (χ3v) is 20.0. The molecule has 684 valence electrons. The van der Waals surface area contributed by atoms with Gasteiger partial charge in [0.1, 0.15) is 66.5 Å². The van der Waals surface area contributed by atoms with Crippen LogP contribution in [0.3, 0.4) is 0 Å². The summed E-state index contributed by atoms with van der Waals surface area (Å²) in [6, 6.07) is -2.57. The standard InChI is InChI=1S/C80H136N30O13/c1-44(2)38-60(72(119)100-54(65(85)112)25-10-13-31-81)107-71(118)58(29-18-36-96-79(90)91)103-67(114)55(26-11-14-32-82)101-69(116)59(30-19-37-97-80(92)93)105-76(123)64(46(5)111)110-75(122)63(41-48-43-99-53-24-9-7-21-50(48)53)109-70(117)56(27-12-15-33-83)102-68(115)57(28-17-35-95-78(88)89)104-73(120)61(39-45(3)4)108-74(121)62(40-47-42-98-52-23-8-6-20-49(47)52)106-66(113)51(84)22-16-34-94-77(86)87/h6-9,20-21,23-24,42-46,51,54-64,98-99,111H,10-19,22,25-41,81-84H2,1-5H3,(H2,85,112)(H,100,119)(H,101,116)(H,102,115)(H,103,114)(H,104,120)(H,105,123)(H,106,113)(H,107,118)(H,108,121)(H,109,117)(H,110,122)(H4,86,87,94)(H4,88,89,95)(H4,90,91,96)(H4,92,93,97)/t46-,51+,54+,55+,56+,57+,58+,59+,60+,61+,62+,63+,64+/m1/s1. The molecule has 2 heterocycles. The van der Waals surface area contributed by atoms with Gasteiger partial charge >= 0.3 is 0 Å². The number of aromatic nitrogens is 2. The van der Waals surface area contributed by atoms with E-state index >= 15 is 14.4 Å². The molecule has 13 atom stereocenters. The van der Waals surface area contributed by atoms with E-state index in [1.165, 1.54) is 6.92 Å². The number of rotatable bonds is 60. The Morgan fingerprint density at radius 2 is 0.602 bits per heavy atom. The van der Waals surface area contributed by atoms with Gasteiger partial charge in [0.15, 0.2) is 23.8 Å². The monoisotopic (exact) mass is 1730 g/mol. The fourth-order valence-corrected chi connectivity index (χ4v) is 13.5. The summed E-state index contributed by atoms with van der Waals surface area (Å²) in [5.74, 6) is -11.8. The average molecular weight is 1730 g/mol. The summed E-state index contributed by atoms with van der Waals surface area (Å²) in [5, 5.41) is 42.8. The molecule has 0 bridgehead atoms. The number of nitrogens with two attached hydrogens (primary N) is 13. The zero-order valence-corrected chi connectivity index (χ0v) is 71.4. The lowest BCUT2D eigenvalue weighted by molar-refractivity contribution is -0.137. The molecule has 4 aromatic rings. The summed E-state index contributed by atoms with van der Waals surface area (Å²) >= 11 is 0. The first-order chi connectivity index (χ1) is 58.5. The third-order valence-electron chi connectivity index (χ3n) is 20.0. The summed E-state index contributed by atoms with van der Waals surface area (Å²) in [7, 11) is 0. The second-order valence-electron chi connectivity index (χ2n) is 31.4. The highest BCUT2D eigenvalue weighted by atomic mass is 16.3. The van der Waals surface area contributed by atoms with Crippen LogP contribution >= 0.6 is 0 Å². The van der Waals surface area contributed by atoms with Crippen molar-refractivity contribution in [3.05, 3.63) is 72.1 Å². The first-order valence-electron chi connectivity index (χ1n) is 42.0. The summed E-state index contributed by atoms with van der Waals surface area (Å²) < 4.78 is 0. The van der Waals surface area contributed by atoms with Gasteiger partial charge in [-0.1, -0.05) is 64.1 Å². The van der Waals surface area contributed by atoms with Gasteiger partial charge in [-0.15, -0.1) is 0 Å². The van der Waals surface area contributed by atoms with E-state index in [9.17, 15) is 48.3 Å². The topological polar surface area (TPSA) is 777 Å². The van der Waals surface area contributed by atoms with Gasteiger partial charge in [-0.05, 0) is 184 Å². The number of para-hydroxylation sites is 2. The van der Waals surface area contributed by atoms with Crippen molar-refractivity contribution in [2.45, 2.75) is 248 Å². The highest BCUT2D eigenvalue weighted by molar-refractivity contribution is 6.00. The van der Waals surface area contributed by atoms with E-state index in [2.05, 4.69) is 88.4 Å². The van der Waals surface area contributed by atoms with Crippen molar-refractivity contribution in [2.75, 3.05) is 45.8 Å². The van der Waals surface area contributed by atoms with Gasteiger partial charge in [0.25, 0.3) is 0 Å². The van der Waals surface area contributed by atoms with E-state index in [1.54, 1.807) is 64.4 Å². The maximum atomic E-state index is 15.2. The van der Waals surface area contributed by atoms with Gasteiger partial charge < -0.3 is 148 Å². The number of amides is 12. The third kappa shape index (κ3) is 38.3. The molecule has 123 heavy (non-hydrogen) atoms. The maximum absolute atomic E-state index is 15.2. The minimum Gasteiger partial charge on any atom is -0.391 e. The van der Waals surface area contributed by atoms with Gasteiger partial charge in [-0.3, -0.25) is 77.5 Å². The molecule has 43 heteroatoms. The number of aromatic amines is 2. The molecule has 12 amide bonds. The summed E-state index contributed by atoms with van der Waals surface area (Å²) in [4.78, 5) is 197. The second-order valence-corrected chi connectivity index (χ2v) is 31.4. The van der Waals surface area contributed by atoms with Crippen LogP contribution in [0.1, 0.15) is 168 Å². The maximum Gasteiger partial charge on any atom is 0.245 e. The van der Waals surface area contributed by atoms with Crippen LogP contribution in [0.15, 0.2) is 80.9 Å². The molecule has 0 aliphatic carbocycles. The molecule has 43 nitrogen and oxygen atoms in total. The number of H-pyrrole nitrogens is 2. The molecule has 0 unspecified atom stereocenters. The van der Waals surface area contributed by atoms with Crippen LogP contribution in [0.2, 0.25) is 0 Å². The lowest BCUT2D eigenvalue weighted by Gasteiger charge is -2.29. The first kappa shape index (κ1) is 103. The van der Waals surface area contributed by atoms with Crippen molar-refractivity contribution in [1.29, 1.82) is 0 Å². The molecular weight excluding hydrogens is 1590 g/mol. The van der Waals surface area contributed by atoms with Crippen LogP contribution in [-0.2, 0) is 70.4 Å². The largest absolute Gasteiger partial charge is 0.391 e. The molecular formula is C80H136N30O13. The Kier molecular flexibility index (Phi) is 46.3. The van der Waals surface area contributed by atoms with Crippen molar-refractivity contribution < 1.29 is 62.6 Å². The van der Waals surface area contributed by atoms with Gasteiger partial charge in [0.2, 0.25) is 70.9 Å². The van der Waals surface area contributed by atoms with Crippen LogP contribution < -0.4 is 133 Å². The van der Waals surface area contributed by atoms with Crippen molar-refractivity contribution in [3.63, 3.8) is 0 Å². The minimum atomic E-state index is -1.90. The van der Waals surface area contributed by atoms with Crippen LogP contribution in [-0.4, -0.2) is 234 Å². The van der Waals surface area contributed by atoms with Gasteiger partial charge in [0.05, 0.1) is 12.1 Å². The van der Waals surface area contributed by atoms with E-state index in [0.29, 0.717) is 60.7 Å². The quantitative estimate of drug-likeness (QED) is 0.0111. The van der Waals surface area contributed by atoms with Crippen LogP contribution in [0.5, 0.6) is 0 Å². The number of guanidine groups is 4. The van der Waals surface area contributed by atoms with Crippen LogP contribution in [0.25, 0.3) is 21.8 Å². The number of aliphatic hydroxyl groups excluding tert-OH is 1. The van der Waals surface area contributed by atoms with Crippen molar-refractivity contribution in [2.24, 2.45) is 106 Å². The number of primary amides is 1. The van der Waals surface area contributed by atoms with E-state index in [1.807, 2.05) is 24.3 Å². The van der Waals surface area contributed by atoms with E-state index < -0.39 is 149 Å². The van der Waals surface area contributed by atoms with Crippen molar-refractivity contribution in [1.82, 2.24) is 68.5 Å². The SMILES string of the molecule is CC(C)C[C@H](NC(=O)[C@H](CCCN=C(N)N)NC(=O)[C@H](CCCCN)NC(=O)[C@H](CCCN=C(N)N)NC(=O)[C@@H](NC(=O)[C@H](Cc1c[nH]c2ccccc12)NC(=O)[C@H](CCCCN)NC(=O)[C@H](CCCN=C(N)N)NC(=O)[C@H](CC(C)C)NC(=O)[C@H](Cc1c[nH]c2ccccc12)NC(=O)[C@@H](N)CCCN=C(N)N)[C@@H](C)O)C(=O)N[C@@H](CCCCN)C(N)=O. The second kappa shape index (κ2) is 55.1. The van der Waals surface area contributed by atoms with Gasteiger partial charge in [-0.2, -0.15) is 0 Å². The number of carbonyl (C=O) groups is 12. The Morgan fingerprint density at radius 3 is 0.927 bits per heavy atom. The predicted octanol–water partition coefficient (Wildman–Crippen LogP) is -5.35. The number of aliphatic imine (C=N–C) groups is 4. The zero-order chi connectivity index (χ0) is 91.3. The van der Waals surface area contributed by atoms with Crippen LogP contribution in [0.4, 0.5) is 0 Å². The normalized spacial score (nSPS) is 14.4. The Hall–Kier alpha value is -12.0. The molecule has 0 saturated carbocycles. The smallest absolute Gasteiger partial charge is 0.245 e. The van der Waals surface area contributed by atoms with Gasteiger partial charge in [0, 0.05) is 73.2 Å². The van der Waals surface area contributed by atoms with Crippen molar-refractivity contribution in [3.8, 4) is 0 Å². The Morgan fingerprint density at radius 1 is 0.333 bits per heavy atom. The molecule has 0 aliphatic rings. The Balaban J connectivity index is 1.73. The summed E-state index contributed by atoms with van der Waals surface area (Å²) in [6.45, 7) is 9.21. The fourth-order valence-electron chi connectivity index (χ4n) is 13.5. The highest BCUT2D eigenvalue weighted by Gasteiger charge is 2.39. The fraction of sp³-hybridized carbons (Fsp3) is 0.600. The number of benzene rings is 2. The highest BCUT2D eigenvalue weighted by Crippen LogP contribution is 2.23. The Labute approximate surface area is 716 Å². The number of hydrogen-bond acceptors (Lipinski definition) is 21. The van der Waals surface area contributed by atoms with Crippen molar-refractivity contribution >= 4 is 117 Å². The van der Waals surface area contributed by atoms with E-state index in [-0.39, 0.29) is 178 Å². The predicted molar refractivity (Wildman–Crippen MR) is 471 cm³/mol. The Bertz CT molecular complexity index is 4170. The van der Waals surface area contributed by atoms with E-state index in [0.717, 1.165) is 10.9 Å². The molecule has 40 N–H and O–H groups in total. The molecule has 2 aromatic carbocycles. The molecule has 4 rings (SSSR count). The summed E-state index contributed by atoms with van der Waals surface area (Å²) in [5.41, 5.74) is 77.0. The summed E-state index contributed by atoms with van der Waals surface area (Å²) in [6.07, 6.45) is 3.83. The number of fused-ring (bicyclic) bond motifs is 2. The number of nitrogens with one attached hydrogen (secondary N) is 13. The number of hydrogen-bond donors (Lipinski definition) is 27. The zero-order valence-electron chi connectivity index (χ0n) is 71.4. The number of unbranched alkanes of at least 4 members (excludes halogenated alkanes) is 3. The number of aliphatic hydroxyl groups is 1. The molecule has 0 radical (unpaired) electrons. The van der Waals surface area contributed by atoms with Crippen LogP contribution in [0, 0.1) is 11.8 Å². The average Bonchev–Trinajstić information content (AvgIpc) is 1.71. The number of carbonyl (C=O) groups excluding carboxylic acids is 12. The van der Waals surface area contributed by atoms with E-state index in [4.69, 9.17) is 74.5 Å². The lowest BCUT2D eigenvalue weighted by Crippen LogP contribution is -2.62. The molecule has 0 saturated heterocycles. The molecule has 0 fully saturated rings. The lowest BCUT2D eigenvalue weighted by atomic mass is 9.99. The number of nitrogens with zero attached hydrogens (tertiary/aromatic N) is 4. The van der Waals surface area contributed by atoms with Gasteiger partial charge in [-0.25, -0.2) is 0 Å².